The third kappa shape index (κ3) is 7.06. The number of aryl methyl sites for hydroxylation is 2. The van der Waals surface area contributed by atoms with Gasteiger partial charge in [0, 0.05) is 25.6 Å². The lowest BCUT2D eigenvalue weighted by Gasteiger charge is -2.32. The number of nitrogens with one attached hydrogen (secondary N) is 1. The molecule has 0 atom stereocenters. The molecule has 0 radical (unpaired) electrons. The van der Waals surface area contributed by atoms with Crippen LogP contribution in [0.15, 0.2) is 18.2 Å². The van der Waals surface area contributed by atoms with Crippen molar-refractivity contribution in [1.29, 1.82) is 0 Å². The summed E-state index contributed by atoms with van der Waals surface area (Å²) in [4.78, 5) is 26.0. The van der Waals surface area contributed by atoms with Gasteiger partial charge in [0.05, 0.1) is 13.2 Å². The van der Waals surface area contributed by atoms with E-state index in [1.54, 1.807) is 0 Å². The maximum absolute atomic E-state index is 12.4. The minimum absolute atomic E-state index is 0.0797. The summed E-state index contributed by atoms with van der Waals surface area (Å²) in [6.07, 6.45) is 2.36. The quantitative estimate of drug-likeness (QED) is 0.685. The number of alkyl carbamates (subject to hydrolysis) is 1. The number of rotatable bonds is 8. The monoisotopic (exact) mass is 390 g/mol. The summed E-state index contributed by atoms with van der Waals surface area (Å²) in [5.74, 6) is 1.40. The Balaban J connectivity index is 1.63. The molecule has 0 unspecified atom stereocenters. The second kappa shape index (κ2) is 10.9. The first-order chi connectivity index (χ1) is 13.4. The van der Waals surface area contributed by atoms with E-state index in [4.69, 9.17) is 9.47 Å². The van der Waals surface area contributed by atoms with Gasteiger partial charge in [-0.1, -0.05) is 32.0 Å². The highest BCUT2D eigenvalue weighted by atomic mass is 16.5. The number of amides is 2. The number of hydrogen-bond donors (Lipinski definition) is 1. The van der Waals surface area contributed by atoms with E-state index in [-0.39, 0.29) is 18.0 Å². The van der Waals surface area contributed by atoms with Crippen LogP contribution in [-0.4, -0.2) is 49.2 Å². The number of nitrogens with zero attached hydrogens (tertiary/aromatic N) is 1. The predicted molar refractivity (Wildman–Crippen MR) is 110 cm³/mol. The second-order valence-electron chi connectivity index (χ2n) is 7.96. The first-order valence-corrected chi connectivity index (χ1v) is 10.3. The Morgan fingerprint density at radius 1 is 1.18 bits per heavy atom. The van der Waals surface area contributed by atoms with Crippen molar-refractivity contribution in [3.05, 3.63) is 29.3 Å². The lowest BCUT2D eigenvalue weighted by atomic mass is 10.0. The molecule has 1 aromatic rings. The first kappa shape index (κ1) is 22.1. The van der Waals surface area contributed by atoms with Gasteiger partial charge in [0.1, 0.15) is 5.75 Å². The molecule has 0 aromatic heterocycles. The summed E-state index contributed by atoms with van der Waals surface area (Å²) in [5.41, 5.74) is 2.24. The summed E-state index contributed by atoms with van der Waals surface area (Å²) in [5, 5.41) is 2.90. The van der Waals surface area contributed by atoms with Gasteiger partial charge in [0.25, 0.3) is 0 Å². The minimum atomic E-state index is -0.359. The number of piperidine rings is 1. The fourth-order valence-corrected chi connectivity index (χ4v) is 3.31. The Kier molecular flexibility index (Phi) is 8.61. The van der Waals surface area contributed by atoms with Crippen LogP contribution in [0.1, 0.15) is 50.7 Å². The highest BCUT2D eigenvalue weighted by Crippen LogP contribution is 2.22. The topological polar surface area (TPSA) is 67.9 Å². The Morgan fingerprint density at radius 3 is 2.43 bits per heavy atom. The summed E-state index contributed by atoms with van der Waals surface area (Å²) in [7, 11) is 0. The third-order valence-electron chi connectivity index (χ3n) is 4.91. The van der Waals surface area contributed by atoms with E-state index in [2.05, 4.69) is 5.32 Å². The third-order valence-corrected chi connectivity index (χ3v) is 4.91. The summed E-state index contributed by atoms with van der Waals surface area (Å²) >= 11 is 0. The number of para-hydroxylation sites is 1. The van der Waals surface area contributed by atoms with E-state index in [0.717, 1.165) is 29.7 Å². The number of ether oxygens (including phenoxy) is 2. The van der Waals surface area contributed by atoms with Crippen molar-refractivity contribution in [2.45, 2.75) is 59.4 Å². The van der Waals surface area contributed by atoms with Crippen molar-refractivity contribution in [3.63, 3.8) is 0 Å². The van der Waals surface area contributed by atoms with Crippen molar-refractivity contribution in [2.24, 2.45) is 5.92 Å². The summed E-state index contributed by atoms with van der Waals surface area (Å²) in [6.45, 7) is 10.4. The molecule has 1 saturated heterocycles. The number of carbonyl (C=O) groups is 2. The van der Waals surface area contributed by atoms with Gasteiger partial charge in [0.15, 0.2) is 0 Å². The van der Waals surface area contributed by atoms with Crippen molar-refractivity contribution < 1.29 is 19.1 Å². The fourth-order valence-electron chi connectivity index (χ4n) is 3.31. The van der Waals surface area contributed by atoms with E-state index < -0.39 is 0 Å². The normalized spacial score (nSPS) is 14.8. The Hall–Kier alpha value is -2.24. The lowest BCUT2D eigenvalue weighted by molar-refractivity contribution is -0.132. The van der Waals surface area contributed by atoms with Crippen LogP contribution in [0.25, 0.3) is 0 Å². The molecule has 0 aliphatic carbocycles. The van der Waals surface area contributed by atoms with E-state index in [9.17, 15) is 9.59 Å². The molecule has 1 aliphatic rings. The van der Waals surface area contributed by atoms with Crippen LogP contribution in [0.4, 0.5) is 4.79 Å². The Labute approximate surface area is 168 Å². The molecule has 0 bridgehead atoms. The Bertz CT molecular complexity index is 632. The number of likely N-dealkylation sites (tertiary alicyclic amines) is 1. The summed E-state index contributed by atoms with van der Waals surface area (Å²) in [6, 6.07) is 6.16. The molecular weight excluding hydrogens is 356 g/mol. The predicted octanol–water partition coefficient (Wildman–Crippen LogP) is 3.84. The van der Waals surface area contributed by atoms with Crippen LogP contribution in [0.5, 0.6) is 5.75 Å². The zero-order chi connectivity index (χ0) is 20.5. The SMILES string of the molecule is Cc1cccc(C)c1OCCCC(=O)N1CCC(NC(=O)OCC(C)C)CC1. The molecule has 6 heteroatoms. The van der Waals surface area contributed by atoms with Crippen molar-refractivity contribution in [1.82, 2.24) is 10.2 Å². The standard InChI is InChI=1S/C22H34N2O4/c1-16(2)15-28-22(26)23-19-10-12-24(13-11-19)20(25)9-6-14-27-21-17(3)7-5-8-18(21)4/h5,7-8,16,19H,6,9-15H2,1-4H3,(H,23,26). The zero-order valence-electron chi connectivity index (χ0n) is 17.6. The molecule has 0 saturated carbocycles. The zero-order valence-corrected chi connectivity index (χ0v) is 17.6. The van der Waals surface area contributed by atoms with Crippen LogP contribution >= 0.6 is 0 Å². The average Bonchev–Trinajstić information content (AvgIpc) is 2.66. The molecule has 1 aliphatic heterocycles. The van der Waals surface area contributed by atoms with Gasteiger partial charge in [-0.25, -0.2) is 4.79 Å². The van der Waals surface area contributed by atoms with Crippen LogP contribution in [0, 0.1) is 19.8 Å². The maximum atomic E-state index is 12.4. The largest absolute Gasteiger partial charge is 0.493 e. The first-order valence-electron chi connectivity index (χ1n) is 10.3. The van der Waals surface area contributed by atoms with Gasteiger partial charge in [-0.05, 0) is 50.2 Å². The maximum Gasteiger partial charge on any atom is 0.407 e. The van der Waals surface area contributed by atoms with Crippen LogP contribution in [0.3, 0.4) is 0 Å². The van der Waals surface area contributed by atoms with Crippen LogP contribution < -0.4 is 10.1 Å². The molecule has 0 spiro atoms. The van der Waals surface area contributed by atoms with Gasteiger partial charge >= 0.3 is 6.09 Å². The Morgan fingerprint density at radius 2 is 1.82 bits per heavy atom. The molecule has 1 fully saturated rings. The van der Waals surface area contributed by atoms with Gasteiger partial charge in [0.2, 0.25) is 5.91 Å². The van der Waals surface area contributed by atoms with Crippen molar-refractivity contribution >= 4 is 12.0 Å². The van der Waals surface area contributed by atoms with Crippen molar-refractivity contribution in [2.75, 3.05) is 26.3 Å². The molecule has 1 heterocycles. The number of carbonyl (C=O) groups excluding carboxylic acids is 2. The highest BCUT2D eigenvalue weighted by Gasteiger charge is 2.24. The molecule has 28 heavy (non-hydrogen) atoms. The molecule has 2 amide bonds. The van der Waals surface area contributed by atoms with E-state index in [1.165, 1.54) is 0 Å². The summed E-state index contributed by atoms with van der Waals surface area (Å²) < 4.78 is 11.0. The van der Waals surface area contributed by atoms with Crippen LogP contribution in [0.2, 0.25) is 0 Å². The van der Waals surface area contributed by atoms with Gasteiger partial charge < -0.3 is 19.7 Å². The molecular formula is C22H34N2O4. The van der Waals surface area contributed by atoms with Crippen LogP contribution in [-0.2, 0) is 9.53 Å². The van der Waals surface area contributed by atoms with E-state index >= 15 is 0 Å². The molecule has 6 nitrogen and oxygen atoms in total. The molecule has 1 aromatic carbocycles. The van der Waals surface area contributed by atoms with Gasteiger partial charge in [-0.2, -0.15) is 0 Å². The minimum Gasteiger partial charge on any atom is -0.493 e. The smallest absolute Gasteiger partial charge is 0.407 e. The van der Waals surface area contributed by atoms with Gasteiger partial charge in [-0.15, -0.1) is 0 Å². The molecule has 1 N–H and O–H groups in total. The lowest BCUT2D eigenvalue weighted by Crippen LogP contribution is -2.46. The average molecular weight is 391 g/mol. The fraction of sp³-hybridized carbons (Fsp3) is 0.636. The highest BCUT2D eigenvalue weighted by molar-refractivity contribution is 5.76. The van der Waals surface area contributed by atoms with Gasteiger partial charge in [-0.3, -0.25) is 4.79 Å². The molecule has 2 rings (SSSR count). The van der Waals surface area contributed by atoms with Crippen molar-refractivity contribution in [3.8, 4) is 5.75 Å². The van der Waals surface area contributed by atoms with E-state index in [1.807, 2.05) is 50.8 Å². The number of benzene rings is 1. The van der Waals surface area contributed by atoms with E-state index in [0.29, 0.717) is 45.1 Å². The second-order valence-corrected chi connectivity index (χ2v) is 7.96. The molecule has 156 valence electrons. The number of hydrogen-bond acceptors (Lipinski definition) is 4.